The Labute approximate surface area is 165 Å². The van der Waals surface area contributed by atoms with E-state index < -0.39 is 0 Å². The molecular weight excluding hydrogens is 389 g/mol. The Kier molecular flexibility index (Phi) is 6.14. The van der Waals surface area contributed by atoms with Crippen molar-refractivity contribution in [1.29, 1.82) is 0 Å². The van der Waals surface area contributed by atoms with Gasteiger partial charge in [0.15, 0.2) is 0 Å². The normalized spacial score (nSPS) is 11.2. The molecule has 0 saturated carbocycles. The van der Waals surface area contributed by atoms with E-state index in [4.69, 9.17) is 23.2 Å². The van der Waals surface area contributed by atoms with E-state index in [1.807, 2.05) is 37.3 Å². The van der Waals surface area contributed by atoms with Gasteiger partial charge in [0.2, 0.25) is 5.91 Å². The number of aromatic nitrogens is 1. The summed E-state index contributed by atoms with van der Waals surface area (Å²) in [6.45, 7) is 1.94. The number of hydrazone groups is 1. The van der Waals surface area contributed by atoms with Crippen LogP contribution in [0.4, 0.5) is 0 Å². The highest BCUT2D eigenvalue weighted by Crippen LogP contribution is 2.27. The Hall–Kier alpha value is -2.08. The van der Waals surface area contributed by atoms with E-state index in [0.29, 0.717) is 15.6 Å². The monoisotopic (exact) mass is 403 g/mol. The van der Waals surface area contributed by atoms with Gasteiger partial charge in [0.25, 0.3) is 0 Å². The Bertz CT molecular complexity index is 971. The lowest BCUT2D eigenvalue weighted by Gasteiger charge is -2.07. The highest BCUT2D eigenvalue weighted by atomic mass is 35.5. The van der Waals surface area contributed by atoms with Crippen LogP contribution in [-0.2, 0) is 4.79 Å². The smallest absolute Gasteiger partial charge is 0.250 e. The Balaban J connectivity index is 1.64. The first-order chi connectivity index (χ1) is 12.5. The third-order valence-electron chi connectivity index (χ3n) is 3.55. The number of halogens is 2. The molecule has 3 rings (SSSR count). The molecule has 0 fully saturated rings. The summed E-state index contributed by atoms with van der Waals surface area (Å²) >= 11 is 13.6. The third kappa shape index (κ3) is 4.55. The molecule has 4 nitrogen and oxygen atoms in total. The predicted molar refractivity (Wildman–Crippen MR) is 109 cm³/mol. The molecule has 0 aliphatic heterocycles. The topological polar surface area (TPSA) is 54.4 Å². The Morgan fingerprint density at radius 1 is 1.19 bits per heavy atom. The number of fused-ring (bicyclic) bond motifs is 1. The van der Waals surface area contributed by atoms with Crippen LogP contribution in [0.5, 0.6) is 0 Å². The molecule has 0 aliphatic carbocycles. The number of aryl methyl sites for hydroxylation is 1. The van der Waals surface area contributed by atoms with E-state index in [-0.39, 0.29) is 11.7 Å². The largest absolute Gasteiger partial charge is 0.272 e. The van der Waals surface area contributed by atoms with Gasteiger partial charge in [0, 0.05) is 21.5 Å². The molecule has 0 bridgehead atoms. The molecule has 7 heteroatoms. The molecule has 1 N–H and O–H groups in total. The van der Waals surface area contributed by atoms with E-state index in [1.165, 1.54) is 18.0 Å². The molecule has 3 aromatic rings. The van der Waals surface area contributed by atoms with Gasteiger partial charge in [-0.3, -0.25) is 9.78 Å². The number of benzene rings is 2. The second-order valence-corrected chi connectivity index (χ2v) is 7.33. The number of carbonyl (C=O) groups is 1. The minimum absolute atomic E-state index is 0.215. The number of para-hydroxylation sites is 1. The molecule has 1 heterocycles. The first-order valence-electron chi connectivity index (χ1n) is 7.79. The highest BCUT2D eigenvalue weighted by Gasteiger charge is 2.08. The number of hydrogen-bond donors (Lipinski definition) is 1. The average molecular weight is 404 g/mol. The fraction of sp³-hybridized carbons (Fsp3) is 0.105. The number of pyridine rings is 1. The lowest BCUT2D eigenvalue weighted by atomic mass is 10.2. The Morgan fingerprint density at radius 2 is 1.92 bits per heavy atom. The van der Waals surface area contributed by atoms with Crippen molar-refractivity contribution in [2.75, 3.05) is 5.75 Å². The molecule has 2 aromatic carbocycles. The van der Waals surface area contributed by atoms with Crippen LogP contribution in [0, 0.1) is 6.92 Å². The number of nitrogens with zero attached hydrogens (tertiary/aromatic N) is 2. The van der Waals surface area contributed by atoms with Crippen molar-refractivity contribution in [2.24, 2.45) is 5.10 Å². The fourth-order valence-corrected chi connectivity index (χ4v) is 3.80. The molecule has 0 radical (unpaired) electrons. The zero-order valence-corrected chi connectivity index (χ0v) is 16.2. The summed E-state index contributed by atoms with van der Waals surface area (Å²) < 4.78 is 0. The third-order valence-corrected chi connectivity index (χ3v) is 5.26. The number of rotatable bonds is 5. The molecule has 0 aliphatic rings. The minimum atomic E-state index is -0.215. The molecule has 132 valence electrons. The van der Waals surface area contributed by atoms with E-state index in [2.05, 4.69) is 15.5 Å². The van der Waals surface area contributed by atoms with Crippen LogP contribution in [0.2, 0.25) is 10.0 Å². The van der Waals surface area contributed by atoms with Gasteiger partial charge < -0.3 is 0 Å². The van der Waals surface area contributed by atoms with Crippen LogP contribution in [-0.4, -0.2) is 22.9 Å². The summed E-state index contributed by atoms with van der Waals surface area (Å²) in [5, 5.41) is 5.92. The quantitative estimate of drug-likeness (QED) is 0.366. The molecule has 0 saturated heterocycles. The number of thioether (sulfide) groups is 1. The zero-order valence-electron chi connectivity index (χ0n) is 13.9. The van der Waals surface area contributed by atoms with Gasteiger partial charge in [-0.1, -0.05) is 47.5 Å². The van der Waals surface area contributed by atoms with E-state index in [1.54, 1.807) is 18.2 Å². The second-order valence-electron chi connectivity index (χ2n) is 5.50. The maximum Gasteiger partial charge on any atom is 0.250 e. The van der Waals surface area contributed by atoms with Gasteiger partial charge in [0.1, 0.15) is 0 Å². The maximum atomic E-state index is 12.1. The SMILES string of the molecule is Cc1cc(SCC(=O)N/N=C/c2c(Cl)cccc2Cl)c2ccccc2n1. The fourth-order valence-electron chi connectivity index (χ4n) is 2.37. The van der Waals surface area contributed by atoms with E-state index in [9.17, 15) is 4.79 Å². The van der Waals surface area contributed by atoms with Gasteiger partial charge in [0.05, 0.1) is 27.5 Å². The van der Waals surface area contributed by atoms with Gasteiger partial charge in [-0.2, -0.15) is 5.10 Å². The van der Waals surface area contributed by atoms with E-state index >= 15 is 0 Å². The maximum absolute atomic E-state index is 12.1. The Morgan fingerprint density at radius 3 is 2.69 bits per heavy atom. The van der Waals surface area contributed by atoms with Crippen molar-refractivity contribution >= 4 is 58.0 Å². The van der Waals surface area contributed by atoms with Crippen LogP contribution in [0.3, 0.4) is 0 Å². The van der Waals surface area contributed by atoms with Gasteiger partial charge in [-0.05, 0) is 31.2 Å². The zero-order chi connectivity index (χ0) is 18.5. The minimum Gasteiger partial charge on any atom is -0.272 e. The van der Waals surface area contributed by atoms with Gasteiger partial charge >= 0.3 is 0 Å². The highest BCUT2D eigenvalue weighted by molar-refractivity contribution is 8.00. The van der Waals surface area contributed by atoms with Crippen molar-refractivity contribution in [3.8, 4) is 0 Å². The van der Waals surface area contributed by atoms with E-state index in [0.717, 1.165) is 21.5 Å². The average Bonchev–Trinajstić information content (AvgIpc) is 2.62. The molecule has 1 aromatic heterocycles. The van der Waals surface area contributed by atoms with Crippen LogP contribution >= 0.6 is 35.0 Å². The van der Waals surface area contributed by atoms with Crippen molar-refractivity contribution < 1.29 is 4.79 Å². The van der Waals surface area contributed by atoms with Crippen LogP contribution in [0.1, 0.15) is 11.3 Å². The first-order valence-corrected chi connectivity index (χ1v) is 9.54. The van der Waals surface area contributed by atoms with Gasteiger partial charge in [-0.15, -0.1) is 11.8 Å². The molecular formula is C19H15Cl2N3OS. The standard InChI is InChI=1S/C19H15Cl2N3OS/c1-12-9-18(13-5-2-3-8-17(13)23-12)26-11-19(25)24-22-10-14-15(20)6-4-7-16(14)21/h2-10H,11H2,1H3,(H,24,25)/b22-10+. The van der Waals surface area contributed by atoms with Crippen LogP contribution in [0.15, 0.2) is 58.5 Å². The first kappa shape index (κ1) is 18.7. The molecule has 0 spiro atoms. The number of carbonyl (C=O) groups excluding carboxylic acids is 1. The summed E-state index contributed by atoms with van der Waals surface area (Å²) in [5.41, 5.74) is 4.90. The van der Waals surface area contributed by atoms with Gasteiger partial charge in [-0.25, -0.2) is 5.43 Å². The lowest BCUT2D eigenvalue weighted by Crippen LogP contribution is -2.19. The molecule has 1 amide bonds. The number of amides is 1. The lowest BCUT2D eigenvalue weighted by molar-refractivity contribution is -0.118. The summed E-state index contributed by atoms with van der Waals surface area (Å²) in [4.78, 5) is 17.6. The summed E-state index contributed by atoms with van der Waals surface area (Å²) in [7, 11) is 0. The molecule has 0 atom stereocenters. The number of hydrogen-bond acceptors (Lipinski definition) is 4. The van der Waals surface area contributed by atoms with Crippen LogP contribution < -0.4 is 5.43 Å². The van der Waals surface area contributed by atoms with Crippen molar-refractivity contribution in [1.82, 2.24) is 10.4 Å². The van der Waals surface area contributed by atoms with Crippen molar-refractivity contribution in [2.45, 2.75) is 11.8 Å². The predicted octanol–water partition coefficient (Wildman–Crippen LogP) is 5.09. The van der Waals surface area contributed by atoms with Crippen molar-refractivity contribution in [3.63, 3.8) is 0 Å². The number of nitrogens with one attached hydrogen (secondary N) is 1. The molecule has 26 heavy (non-hydrogen) atoms. The summed E-state index contributed by atoms with van der Waals surface area (Å²) in [6.07, 6.45) is 1.44. The summed E-state index contributed by atoms with van der Waals surface area (Å²) in [5.74, 6) is 0.0223. The van der Waals surface area contributed by atoms with Crippen molar-refractivity contribution in [3.05, 3.63) is 69.8 Å². The molecule has 0 unspecified atom stereocenters. The van der Waals surface area contributed by atoms with Crippen LogP contribution in [0.25, 0.3) is 10.9 Å². The summed E-state index contributed by atoms with van der Waals surface area (Å²) in [6, 6.07) is 15.0. The second kappa shape index (κ2) is 8.54.